The molecule has 16 heavy (non-hydrogen) atoms. The van der Waals surface area contributed by atoms with E-state index in [0.717, 1.165) is 0 Å². The number of hydrogen-bond acceptors (Lipinski definition) is 3. The molecule has 0 radical (unpaired) electrons. The Kier molecular flexibility index (Phi) is 4.05. The van der Waals surface area contributed by atoms with Gasteiger partial charge in [-0.2, -0.15) is 0 Å². The number of carboxylic acids is 1. The Labute approximate surface area is 93.9 Å². The molecule has 4 nitrogen and oxygen atoms in total. The molecular formula is C12H14O4. The van der Waals surface area contributed by atoms with Gasteiger partial charge in [0, 0.05) is 5.56 Å². The van der Waals surface area contributed by atoms with E-state index in [2.05, 4.69) is 0 Å². The van der Waals surface area contributed by atoms with Crippen molar-refractivity contribution in [3.05, 3.63) is 29.8 Å². The van der Waals surface area contributed by atoms with E-state index in [-0.39, 0.29) is 12.4 Å². The van der Waals surface area contributed by atoms with E-state index in [1.54, 1.807) is 31.2 Å². The minimum Gasteiger partial charge on any atom is -0.493 e. The van der Waals surface area contributed by atoms with Gasteiger partial charge in [0.15, 0.2) is 5.78 Å². The first-order valence-electron chi connectivity index (χ1n) is 4.97. The Balaban J connectivity index is 2.64. The highest BCUT2D eigenvalue weighted by Crippen LogP contribution is 2.14. The molecule has 0 bridgehead atoms. The molecule has 1 aromatic carbocycles. The number of ketones is 1. The van der Waals surface area contributed by atoms with E-state index < -0.39 is 11.9 Å². The van der Waals surface area contributed by atoms with Crippen LogP contribution in [0.4, 0.5) is 0 Å². The van der Waals surface area contributed by atoms with Gasteiger partial charge in [0.1, 0.15) is 12.4 Å². The molecule has 1 aromatic rings. The maximum absolute atomic E-state index is 11.1. The van der Waals surface area contributed by atoms with Crippen molar-refractivity contribution < 1.29 is 19.4 Å². The predicted octanol–water partition coefficient (Wildman–Crippen LogP) is 1.99. The van der Waals surface area contributed by atoms with Crippen LogP contribution in [0.5, 0.6) is 5.75 Å². The second-order valence-corrected chi connectivity index (χ2v) is 3.63. The smallest absolute Gasteiger partial charge is 0.309 e. The van der Waals surface area contributed by atoms with Crippen LogP contribution in [0, 0.1) is 5.92 Å². The average Bonchev–Trinajstić information content (AvgIpc) is 2.26. The molecule has 1 unspecified atom stereocenters. The second kappa shape index (κ2) is 5.30. The van der Waals surface area contributed by atoms with Crippen molar-refractivity contribution in [1.82, 2.24) is 0 Å². The molecular weight excluding hydrogens is 208 g/mol. The number of carboxylic acid groups (broad SMARTS) is 1. The Morgan fingerprint density at radius 2 is 2.12 bits per heavy atom. The first-order chi connectivity index (χ1) is 7.50. The monoisotopic (exact) mass is 222 g/mol. The topological polar surface area (TPSA) is 63.6 Å². The van der Waals surface area contributed by atoms with Gasteiger partial charge in [-0.15, -0.1) is 0 Å². The quantitative estimate of drug-likeness (QED) is 0.774. The maximum Gasteiger partial charge on any atom is 0.309 e. The molecule has 1 N–H and O–H groups in total. The van der Waals surface area contributed by atoms with E-state index in [0.29, 0.717) is 11.3 Å². The molecule has 0 fully saturated rings. The number of carbonyl (C=O) groups excluding carboxylic acids is 1. The Morgan fingerprint density at radius 3 is 2.69 bits per heavy atom. The van der Waals surface area contributed by atoms with Crippen molar-refractivity contribution in [1.29, 1.82) is 0 Å². The van der Waals surface area contributed by atoms with Crippen molar-refractivity contribution in [2.75, 3.05) is 6.61 Å². The van der Waals surface area contributed by atoms with Gasteiger partial charge in [-0.3, -0.25) is 9.59 Å². The minimum atomic E-state index is -0.900. The lowest BCUT2D eigenvalue weighted by Gasteiger charge is -2.09. The van der Waals surface area contributed by atoms with E-state index >= 15 is 0 Å². The first-order valence-corrected chi connectivity index (χ1v) is 4.97. The Bertz CT molecular complexity index is 398. The Hall–Kier alpha value is -1.84. The third kappa shape index (κ3) is 3.38. The number of carbonyl (C=O) groups is 2. The Morgan fingerprint density at radius 1 is 1.44 bits per heavy atom. The molecule has 0 aliphatic heterocycles. The summed E-state index contributed by atoms with van der Waals surface area (Å²) in [5, 5.41) is 8.67. The van der Waals surface area contributed by atoms with E-state index in [1.807, 2.05) is 0 Å². The zero-order valence-corrected chi connectivity index (χ0v) is 9.27. The van der Waals surface area contributed by atoms with Crippen LogP contribution in [0.3, 0.4) is 0 Å². The molecule has 0 aliphatic rings. The molecule has 0 amide bonds. The third-order valence-electron chi connectivity index (χ3n) is 2.16. The van der Waals surface area contributed by atoms with E-state index in [1.165, 1.54) is 6.92 Å². The van der Waals surface area contributed by atoms with Crippen LogP contribution < -0.4 is 4.74 Å². The fraction of sp³-hybridized carbons (Fsp3) is 0.333. The van der Waals surface area contributed by atoms with Crippen molar-refractivity contribution in [3.8, 4) is 5.75 Å². The summed E-state index contributed by atoms with van der Waals surface area (Å²) in [6, 6.07) is 6.70. The number of Topliss-reactive ketones (excluding diaryl/α,β-unsaturated/α-hetero) is 1. The summed E-state index contributed by atoms with van der Waals surface area (Å²) in [5.41, 5.74) is 0.556. The van der Waals surface area contributed by atoms with Crippen molar-refractivity contribution in [2.24, 2.45) is 5.92 Å². The standard InChI is InChI=1S/C12H14O4/c1-8(12(14)15)7-16-11-5-3-4-10(6-11)9(2)13/h3-6,8H,7H2,1-2H3,(H,14,15). The molecule has 1 rings (SSSR count). The highest BCUT2D eigenvalue weighted by Gasteiger charge is 2.11. The summed E-state index contributed by atoms with van der Waals surface area (Å²) in [7, 11) is 0. The fourth-order valence-electron chi connectivity index (χ4n) is 1.10. The fourth-order valence-corrected chi connectivity index (χ4v) is 1.10. The number of aliphatic carboxylic acids is 1. The van der Waals surface area contributed by atoms with Crippen LogP contribution in [0.2, 0.25) is 0 Å². The van der Waals surface area contributed by atoms with E-state index in [4.69, 9.17) is 9.84 Å². The van der Waals surface area contributed by atoms with Crippen LogP contribution in [0.15, 0.2) is 24.3 Å². The molecule has 0 heterocycles. The van der Waals surface area contributed by atoms with Gasteiger partial charge in [0.2, 0.25) is 0 Å². The normalized spacial score (nSPS) is 11.9. The van der Waals surface area contributed by atoms with Crippen LogP contribution in [-0.4, -0.2) is 23.5 Å². The zero-order chi connectivity index (χ0) is 12.1. The summed E-state index contributed by atoms with van der Waals surface area (Å²) in [6.45, 7) is 3.13. The summed E-state index contributed by atoms with van der Waals surface area (Å²) in [6.07, 6.45) is 0. The summed E-state index contributed by atoms with van der Waals surface area (Å²) < 4.78 is 5.29. The van der Waals surface area contributed by atoms with Crippen LogP contribution in [0.25, 0.3) is 0 Å². The average molecular weight is 222 g/mol. The number of benzene rings is 1. The van der Waals surface area contributed by atoms with Crippen LogP contribution in [0.1, 0.15) is 24.2 Å². The lowest BCUT2D eigenvalue weighted by atomic mass is 10.1. The first kappa shape index (κ1) is 12.2. The SMILES string of the molecule is CC(=O)c1cccc(OCC(C)C(=O)O)c1. The van der Waals surface area contributed by atoms with Gasteiger partial charge in [0.25, 0.3) is 0 Å². The number of hydrogen-bond donors (Lipinski definition) is 1. The second-order valence-electron chi connectivity index (χ2n) is 3.63. The number of ether oxygens (including phenoxy) is 1. The van der Waals surface area contributed by atoms with Gasteiger partial charge in [-0.1, -0.05) is 12.1 Å². The molecule has 0 aliphatic carbocycles. The van der Waals surface area contributed by atoms with Gasteiger partial charge in [0.05, 0.1) is 5.92 Å². The molecule has 0 spiro atoms. The van der Waals surface area contributed by atoms with Gasteiger partial charge >= 0.3 is 5.97 Å². The van der Waals surface area contributed by atoms with Crippen molar-refractivity contribution in [3.63, 3.8) is 0 Å². The highest BCUT2D eigenvalue weighted by atomic mass is 16.5. The lowest BCUT2D eigenvalue weighted by Crippen LogP contribution is -2.17. The third-order valence-corrected chi connectivity index (χ3v) is 2.16. The van der Waals surface area contributed by atoms with Crippen molar-refractivity contribution >= 4 is 11.8 Å². The number of rotatable bonds is 5. The largest absolute Gasteiger partial charge is 0.493 e. The van der Waals surface area contributed by atoms with Gasteiger partial charge in [-0.25, -0.2) is 0 Å². The summed E-state index contributed by atoms with van der Waals surface area (Å²) in [4.78, 5) is 21.7. The lowest BCUT2D eigenvalue weighted by molar-refractivity contribution is -0.142. The molecule has 0 saturated heterocycles. The molecule has 0 saturated carbocycles. The maximum atomic E-state index is 11.1. The molecule has 1 atom stereocenters. The highest BCUT2D eigenvalue weighted by molar-refractivity contribution is 5.94. The van der Waals surface area contributed by atoms with E-state index in [9.17, 15) is 9.59 Å². The summed E-state index contributed by atoms with van der Waals surface area (Å²) in [5.74, 6) is -0.999. The van der Waals surface area contributed by atoms with Crippen molar-refractivity contribution in [2.45, 2.75) is 13.8 Å². The molecule has 0 aromatic heterocycles. The predicted molar refractivity (Wildman–Crippen MR) is 58.7 cm³/mol. The van der Waals surface area contributed by atoms with Gasteiger partial charge < -0.3 is 9.84 Å². The molecule has 4 heteroatoms. The summed E-state index contributed by atoms with van der Waals surface area (Å²) >= 11 is 0. The molecule has 86 valence electrons. The minimum absolute atomic E-state index is 0.0447. The van der Waals surface area contributed by atoms with Gasteiger partial charge in [-0.05, 0) is 26.0 Å². The zero-order valence-electron chi connectivity index (χ0n) is 9.27. The van der Waals surface area contributed by atoms with Crippen LogP contribution in [-0.2, 0) is 4.79 Å². The van der Waals surface area contributed by atoms with Crippen LogP contribution >= 0.6 is 0 Å².